The molecule has 2 amide bonds. The van der Waals surface area contributed by atoms with Gasteiger partial charge in [0.15, 0.2) is 0 Å². The predicted octanol–water partition coefficient (Wildman–Crippen LogP) is 2.96. The Bertz CT molecular complexity index is 772. The third kappa shape index (κ3) is 4.59. The molecule has 2 aromatic rings. The number of carbonyl (C=O) groups is 2. The molecule has 0 spiro atoms. The number of nitrogens with zero attached hydrogens (tertiary/aromatic N) is 2. The van der Waals surface area contributed by atoms with E-state index in [9.17, 15) is 14.0 Å². The molecule has 0 unspecified atom stereocenters. The van der Waals surface area contributed by atoms with Gasteiger partial charge >= 0.3 is 0 Å². The van der Waals surface area contributed by atoms with Crippen LogP contribution in [0.15, 0.2) is 48.5 Å². The molecule has 0 fully saturated rings. The fraction of sp³-hybridized carbons (Fsp3) is 0.333. The standard InChI is InChI=1S/C21H23FN2O3/c1-27-14-13-23(15-16-7-9-17(22)10-8-16)11-4-12-24-20(25)18-5-2-3-6-19(18)21(24)26/h2-3,5-10H,4,11-15H2,1H3. The molecular formula is C21H23FN2O3. The van der Waals surface area contributed by atoms with Crippen molar-refractivity contribution in [3.63, 3.8) is 0 Å². The number of hydrogen-bond acceptors (Lipinski definition) is 4. The van der Waals surface area contributed by atoms with E-state index in [1.54, 1.807) is 43.5 Å². The molecule has 3 rings (SSSR count). The first-order valence-corrected chi connectivity index (χ1v) is 9.01. The summed E-state index contributed by atoms with van der Waals surface area (Å²) in [5.41, 5.74) is 1.96. The highest BCUT2D eigenvalue weighted by Gasteiger charge is 2.34. The zero-order chi connectivity index (χ0) is 19.2. The van der Waals surface area contributed by atoms with Crippen LogP contribution in [0.3, 0.4) is 0 Å². The van der Waals surface area contributed by atoms with Crippen molar-refractivity contribution >= 4 is 11.8 Å². The van der Waals surface area contributed by atoms with E-state index in [2.05, 4.69) is 4.90 Å². The Balaban J connectivity index is 1.57. The summed E-state index contributed by atoms with van der Waals surface area (Å²) >= 11 is 0. The molecule has 1 heterocycles. The number of benzene rings is 2. The summed E-state index contributed by atoms with van der Waals surface area (Å²) in [5, 5.41) is 0. The van der Waals surface area contributed by atoms with Crippen LogP contribution in [0.2, 0.25) is 0 Å². The number of amides is 2. The van der Waals surface area contributed by atoms with Gasteiger partial charge in [0.05, 0.1) is 17.7 Å². The van der Waals surface area contributed by atoms with Crippen LogP contribution < -0.4 is 0 Å². The number of imide groups is 1. The van der Waals surface area contributed by atoms with Gasteiger partial charge in [-0.3, -0.25) is 19.4 Å². The first kappa shape index (κ1) is 19.2. The monoisotopic (exact) mass is 370 g/mol. The largest absolute Gasteiger partial charge is 0.383 e. The predicted molar refractivity (Wildman–Crippen MR) is 100.0 cm³/mol. The Morgan fingerprint density at radius 1 is 0.963 bits per heavy atom. The quantitative estimate of drug-likeness (QED) is 0.637. The van der Waals surface area contributed by atoms with E-state index >= 15 is 0 Å². The SMILES string of the molecule is COCCN(CCCN1C(=O)c2ccccc2C1=O)Cc1ccc(F)cc1. The molecule has 0 N–H and O–H groups in total. The molecular weight excluding hydrogens is 347 g/mol. The summed E-state index contributed by atoms with van der Waals surface area (Å²) < 4.78 is 18.3. The van der Waals surface area contributed by atoms with Crippen molar-refractivity contribution in [2.24, 2.45) is 0 Å². The lowest BCUT2D eigenvalue weighted by Crippen LogP contribution is -2.34. The van der Waals surface area contributed by atoms with Crippen molar-refractivity contribution < 1.29 is 18.7 Å². The number of ether oxygens (including phenoxy) is 1. The van der Waals surface area contributed by atoms with Crippen LogP contribution in [0, 0.1) is 5.82 Å². The smallest absolute Gasteiger partial charge is 0.261 e. The van der Waals surface area contributed by atoms with Crippen molar-refractivity contribution in [1.29, 1.82) is 0 Å². The number of hydrogen-bond donors (Lipinski definition) is 0. The highest BCUT2D eigenvalue weighted by molar-refractivity contribution is 6.21. The summed E-state index contributed by atoms with van der Waals surface area (Å²) in [4.78, 5) is 28.3. The Hall–Kier alpha value is -2.57. The van der Waals surface area contributed by atoms with Crippen LogP contribution >= 0.6 is 0 Å². The second-order valence-corrected chi connectivity index (χ2v) is 6.56. The van der Waals surface area contributed by atoms with Gasteiger partial charge in [0.2, 0.25) is 0 Å². The second-order valence-electron chi connectivity index (χ2n) is 6.56. The van der Waals surface area contributed by atoms with Gasteiger partial charge in [-0.2, -0.15) is 0 Å². The van der Waals surface area contributed by atoms with Gasteiger partial charge in [0, 0.05) is 33.3 Å². The van der Waals surface area contributed by atoms with Crippen molar-refractivity contribution in [3.05, 3.63) is 71.0 Å². The maximum absolute atomic E-state index is 13.1. The third-order valence-corrected chi connectivity index (χ3v) is 4.67. The van der Waals surface area contributed by atoms with Gasteiger partial charge in [0.1, 0.15) is 5.82 Å². The van der Waals surface area contributed by atoms with Crippen molar-refractivity contribution in [2.75, 3.05) is 33.4 Å². The molecule has 0 atom stereocenters. The topological polar surface area (TPSA) is 49.9 Å². The zero-order valence-electron chi connectivity index (χ0n) is 15.4. The van der Waals surface area contributed by atoms with Crippen molar-refractivity contribution in [1.82, 2.24) is 9.80 Å². The highest BCUT2D eigenvalue weighted by Crippen LogP contribution is 2.22. The number of rotatable bonds is 9. The van der Waals surface area contributed by atoms with Crippen LogP contribution in [0.25, 0.3) is 0 Å². The van der Waals surface area contributed by atoms with E-state index in [1.807, 2.05) is 0 Å². The molecule has 142 valence electrons. The number of halogens is 1. The lowest BCUT2D eigenvalue weighted by atomic mass is 10.1. The van der Waals surface area contributed by atoms with Gasteiger partial charge in [-0.05, 0) is 36.2 Å². The first-order valence-electron chi connectivity index (χ1n) is 9.01. The summed E-state index contributed by atoms with van der Waals surface area (Å²) in [6, 6.07) is 13.3. The van der Waals surface area contributed by atoms with E-state index in [1.165, 1.54) is 17.0 Å². The van der Waals surface area contributed by atoms with E-state index in [-0.39, 0.29) is 17.6 Å². The Morgan fingerprint density at radius 3 is 2.19 bits per heavy atom. The minimum atomic E-state index is -0.257. The molecule has 27 heavy (non-hydrogen) atoms. The molecule has 6 heteroatoms. The average Bonchev–Trinajstić information content (AvgIpc) is 2.92. The van der Waals surface area contributed by atoms with Crippen LogP contribution in [-0.2, 0) is 11.3 Å². The van der Waals surface area contributed by atoms with E-state index in [0.29, 0.717) is 43.8 Å². The molecule has 2 aromatic carbocycles. The molecule has 1 aliphatic rings. The number of fused-ring (bicyclic) bond motifs is 1. The lowest BCUT2D eigenvalue weighted by molar-refractivity contribution is 0.0643. The summed E-state index contributed by atoms with van der Waals surface area (Å²) in [6.45, 7) is 3.03. The first-order chi connectivity index (χ1) is 13.1. The Kier molecular flexibility index (Phi) is 6.32. The maximum Gasteiger partial charge on any atom is 0.261 e. The molecule has 5 nitrogen and oxygen atoms in total. The minimum Gasteiger partial charge on any atom is -0.383 e. The number of carbonyl (C=O) groups excluding carboxylic acids is 2. The van der Waals surface area contributed by atoms with Gasteiger partial charge < -0.3 is 4.74 Å². The third-order valence-electron chi connectivity index (χ3n) is 4.67. The second kappa shape index (κ2) is 8.88. The van der Waals surface area contributed by atoms with Gasteiger partial charge in [-0.25, -0.2) is 4.39 Å². The van der Waals surface area contributed by atoms with Crippen molar-refractivity contribution in [3.8, 4) is 0 Å². The Morgan fingerprint density at radius 2 is 1.59 bits per heavy atom. The van der Waals surface area contributed by atoms with Gasteiger partial charge in [0.25, 0.3) is 11.8 Å². The zero-order valence-corrected chi connectivity index (χ0v) is 15.4. The lowest BCUT2D eigenvalue weighted by Gasteiger charge is -2.23. The fourth-order valence-corrected chi connectivity index (χ4v) is 3.23. The normalized spacial score (nSPS) is 13.5. The molecule has 0 aromatic heterocycles. The van der Waals surface area contributed by atoms with E-state index < -0.39 is 0 Å². The van der Waals surface area contributed by atoms with Gasteiger partial charge in [-0.1, -0.05) is 24.3 Å². The van der Waals surface area contributed by atoms with Crippen LogP contribution in [-0.4, -0.2) is 55.0 Å². The molecule has 1 aliphatic heterocycles. The highest BCUT2D eigenvalue weighted by atomic mass is 19.1. The van der Waals surface area contributed by atoms with Crippen LogP contribution in [0.1, 0.15) is 32.7 Å². The Labute approximate surface area is 158 Å². The maximum atomic E-state index is 13.1. The number of methoxy groups -OCH3 is 1. The van der Waals surface area contributed by atoms with Gasteiger partial charge in [-0.15, -0.1) is 0 Å². The van der Waals surface area contributed by atoms with Crippen LogP contribution in [0.5, 0.6) is 0 Å². The van der Waals surface area contributed by atoms with E-state index in [0.717, 1.165) is 12.1 Å². The molecule has 0 saturated heterocycles. The average molecular weight is 370 g/mol. The van der Waals surface area contributed by atoms with Crippen molar-refractivity contribution in [2.45, 2.75) is 13.0 Å². The molecule has 0 saturated carbocycles. The van der Waals surface area contributed by atoms with E-state index in [4.69, 9.17) is 4.74 Å². The molecule has 0 bridgehead atoms. The molecule has 0 aliphatic carbocycles. The fourth-order valence-electron chi connectivity index (χ4n) is 3.23. The minimum absolute atomic E-state index is 0.224. The van der Waals surface area contributed by atoms with Crippen LogP contribution in [0.4, 0.5) is 4.39 Å². The summed E-state index contributed by atoms with van der Waals surface area (Å²) in [7, 11) is 1.65. The summed E-state index contributed by atoms with van der Waals surface area (Å²) in [5.74, 6) is -0.706. The molecule has 0 radical (unpaired) electrons. The summed E-state index contributed by atoms with van der Waals surface area (Å²) in [6.07, 6.45) is 0.663.